The van der Waals surface area contributed by atoms with Crippen molar-refractivity contribution in [2.24, 2.45) is 5.73 Å². The topological polar surface area (TPSA) is 55.9 Å². The highest BCUT2D eigenvalue weighted by atomic mass is 15.3. The fourth-order valence-corrected chi connectivity index (χ4v) is 3.04. The van der Waals surface area contributed by atoms with Gasteiger partial charge in [-0.1, -0.05) is 19.3 Å². The van der Waals surface area contributed by atoms with Crippen LogP contribution in [0.15, 0.2) is 0 Å². The van der Waals surface area contributed by atoms with Gasteiger partial charge in [-0.25, -0.2) is 0 Å². The van der Waals surface area contributed by atoms with E-state index in [1.54, 1.807) is 0 Å². The average Bonchev–Trinajstić information content (AvgIpc) is 2.91. The molecule has 0 atom stereocenters. The monoisotopic (exact) mass is 220 g/mol. The van der Waals surface area contributed by atoms with Crippen LogP contribution in [0.3, 0.4) is 0 Å². The second-order valence-electron chi connectivity index (χ2n) is 4.92. The summed E-state index contributed by atoms with van der Waals surface area (Å²) >= 11 is 0. The molecule has 1 aliphatic heterocycles. The summed E-state index contributed by atoms with van der Waals surface area (Å²) in [6, 6.07) is 0.628. The van der Waals surface area contributed by atoms with Gasteiger partial charge in [0.15, 0.2) is 0 Å². The van der Waals surface area contributed by atoms with E-state index in [2.05, 4.69) is 10.00 Å². The molecular weight excluding hydrogens is 200 g/mol. The van der Waals surface area contributed by atoms with Crippen molar-refractivity contribution in [3.63, 3.8) is 0 Å². The van der Waals surface area contributed by atoms with E-state index in [1.165, 1.54) is 43.4 Å². The Morgan fingerprint density at radius 1 is 1.25 bits per heavy atom. The summed E-state index contributed by atoms with van der Waals surface area (Å²) in [5.41, 5.74) is 9.63. The first kappa shape index (κ1) is 10.3. The van der Waals surface area contributed by atoms with Gasteiger partial charge in [-0.3, -0.25) is 4.68 Å². The number of hydrogen-bond acceptors (Lipinski definition) is 3. The molecule has 2 aliphatic rings. The molecule has 0 spiro atoms. The third-order valence-electron chi connectivity index (χ3n) is 3.91. The molecule has 1 fully saturated rings. The molecule has 3 rings (SSSR count). The van der Waals surface area contributed by atoms with E-state index in [9.17, 15) is 0 Å². The van der Waals surface area contributed by atoms with Crippen LogP contribution in [-0.4, -0.2) is 9.78 Å². The van der Waals surface area contributed by atoms with Crippen LogP contribution < -0.4 is 11.1 Å². The summed E-state index contributed by atoms with van der Waals surface area (Å²) in [5.74, 6) is 0. The molecule has 4 heteroatoms. The molecule has 88 valence electrons. The van der Waals surface area contributed by atoms with Crippen LogP contribution in [0.2, 0.25) is 0 Å². The van der Waals surface area contributed by atoms with Crippen LogP contribution in [0, 0.1) is 0 Å². The largest absolute Gasteiger partial charge is 0.325 e. The third-order valence-corrected chi connectivity index (χ3v) is 3.91. The molecule has 0 saturated heterocycles. The number of aromatic nitrogens is 2. The summed E-state index contributed by atoms with van der Waals surface area (Å²) in [7, 11) is 0. The van der Waals surface area contributed by atoms with Gasteiger partial charge in [-0.2, -0.15) is 5.10 Å². The van der Waals surface area contributed by atoms with E-state index in [0.29, 0.717) is 12.6 Å². The van der Waals surface area contributed by atoms with Crippen molar-refractivity contribution in [1.82, 2.24) is 15.1 Å². The molecule has 4 nitrogen and oxygen atoms in total. The summed E-state index contributed by atoms with van der Waals surface area (Å²) < 4.78 is 2.27. The number of nitrogens with two attached hydrogens (primary N) is 1. The van der Waals surface area contributed by atoms with Crippen LogP contribution in [0.5, 0.6) is 0 Å². The van der Waals surface area contributed by atoms with Crippen molar-refractivity contribution < 1.29 is 0 Å². The van der Waals surface area contributed by atoms with Gasteiger partial charge in [0.25, 0.3) is 0 Å². The fourth-order valence-electron chi connectivity index (χ4n) is 3.04. The summed E-state index contributed by atoms with van der Waals surface area (Å²) in [4.78, 5) is 0. The van der Waals surface area contributed by atoms with Gasteiger partial charge in [0.05, 0.1) is 17.4 Å². The van der Waals surface area contributed by atoms with Crippen LogP contribution in [0.1, 0.15) is 55.1 Å². The lowest BCUT2D eigenvalue weighted by molar-refractivity contribution is 0.320. The summed E-state index contributed by atoms with van der Waals surface area (Å²) in [6.45, 7) is 2.50. The first-order chi connectivity index (χ1) is 7.90. The molecule has 3 N–H and O–H groups in total. The minimum atomic E-state index is 0.573. The molecular formula is C12H20N4. The Kier molecular flexibility index (Phi) is 2.69. The minimum absolute atomic E-state index is 0.573. The van der Waals surface area contributed by atoms with Crippen molar-refractivity contribution in [1.29, 1.82) is 0 Å². The highest BCUT2D eigenvalue weighted by molar-refractivity contribution is 5.30. The first-order valence-corrected chi connectivity index (χ1v) is 6.40. The van der Waals surface area contributed by atoms with E-state index < -0.39 is 0 Å². The summed E-state index contributed by atoms with van der Waals surface area (Å²) in [6.07, 6.45) is 6.67. The highest BCUT2D eigenvalue weighted by Crippen LogP contribution is 2.31. The normalized spacial score (nSPS) is 21.3. The maximum atomic E-state index is 5.76. The SMILES string of the molecule is NCc1nn(C2CCCCC2)c2c1CNC2. The Labute approximate surface area is 96.2 Å². The van der Waals surface area contributed by atoms with Gasteiger partial charge in [0.2, 0.25) is 0 Å². The molecule has 16 heavy (non-hydrogen) atoms. The molecule has 0 amide bonds. The van der Waals surface area contributed by atoms with E-state index >= 15 is 0 Å². The molecule has 0 aromatic carbocycles. The second-order valence-corrected chi connectivity index (χ2v) is 4.92. The lowest BCUT2D eigenvalue weighted by Crippen LogP contribution is -2.18. The Balaban J connectivity index is 1.94. The third kappa shape index (κ3) is 1.57. The predicted molar refractivity (Wildman–Crippen MR) is 62.8 cm³/mol. The van der Waals surface area contributed by atoms with Gasteiger partial charge in [-0.15, -0.1) is 0 Å². The lowest BCUT2D eigenvalue weighted by Gasteiger charge is -2.23. The van der Waals surface area contributed by atoms with Gasteiger partial charge in [0, 0.05) is 25.2 Å². The minimum Gasteiger partial charge on any atom is -0.325 e. The smallest absolute Gasteiger partial charge is 0.0808 e. The molecule has 0 unspecified atom stereocenters. The van der Waals surface area contributed by atoms with Crippen molar-refractivity contribution in [2.75, 3.05) is 0 Å². The molecule has 1 aromatic rings. The Morgan fingerprint density at radius 3 is 2.81 bits per heavy atom. The lowest BCUT2D eigenvalue weighted by atomic mass is 9.95. The number of hydrogen-bond donors (Lipinski definition) is 2. The molecule has 0 radical (unpaired) electrons. The molecule has 0 bridgehead atoms. The van der Waals surface area contributed by atoms with Gasteiger partial charge in [-0.05, 0) is 12.8 Å². The number of fused-ring (bicyclic) bond motifs is 1. The van der Waals surface area contributed by atoms with Gasteiger partial charge >= 0.3 is 0 Å². The Morgan fingerprint density at radius 2 is 2.06 bits per heavy atom. The molecule has 1 saturated carbocycles. The fraction of sp³-hybridized carbons (Fsp3) is 0.750. The van der Waals surface area contributed by atoms with E-state index in [0.717, 1.165) is 18.8 Å². The van der Waals surface area contributed by atoms with Crippen molar-refractivity contribution >= 4 is 0 Å². The average molecular weight is 220 g/mol. The molecule has 2 heterocycles. The van der Waals surface area contributed by atoms with Crippen molar-refractivity contribution in [3.8, 4) is 0 Å². The number of rotatable bonds is 2. The van der Waals surface area contributed by atoms with E-state index in [1.807, 2.05) is 0 Å². The molecule has 1 aliphatic carbocycles. The van der Waals surface area contributed by atoms with Crippen LogP contribution in [0.4, 0.5) is 0 Å². The zero-order valence-corrected chi connectivity index (χ0v) is 9.71. The Bertz CT molecular complexity index is 377. The maximum Gasteiger partial charge on any atom is 0.0808 e. The standard InChI is InChI=1S/C12H20N4/c13-6-11-10-7-14-8-12(10)16(15-11)9-4-2-1-3-5-9/h9,14H,1-8,13H2. The molecule has 1 aromatic heterocycles. The van der Waals surface area contributed by atoms with Crippen molar-refractivity contribution in [3.05, 3.63) is 17.0 Å². The first-order valence-electron chi connectivity index (χ1n) is 6.40. The number of nitrogens with zero attached hydrogens (tertiary/aromatic N) is 2. The van der Waals surface area contributed by atoms with E-state index in [4.69, 9.17) is 10.8 Å². The summed E-state index contributed by atoms with van der Waals surface area (Å²) in [5, 5.41) is 8.13. The van der Waals surface area contributed by atoms with Gasteiger partial charge < -0.3 is 11.1 Å². The zero-order valence-electron chi connectivity index (χ0n) is 9.71. The van der Waals surface area contributed by atoms with Crippen LogP contribution in [0.25, 0.3) is 0 Å². The quantitative estimate of drug-likeness (QED) is 0.793. The van der Waals surface area contributed by atoms with Crippen LogP contribution >= 0.6 is 0 Å². The zero-order chi connectivity index (χ0) is 11.0. The maximum absolute atomic E-state index is 5.76. The highest BCUT2D eigenvalue weighted by Gasteiger charge is 2.26. The van der Waals surface area contributed by atoms with Crippen molar-refractivity contribution in [2.45, 2.75) is 57.8 Å². The number of nitrogens with one attached hydrogen (secondary N) is 1. The van der Waals surface area contributed by atoms with Crippen LogP contribution in [-0.2, 0) is 19.6 Å². The van der Waals surface area contributed by atoms with E-state index in [-0.39, 0.29) is 0 Å². The Hall–Kier alpha value is -0.870. The van der Waals surface area contributed by atoms with Gasteiger partial charge in [0.1, 0.15) is 0 Å². The second kappa shape index (κ2) is 4.18. The predicted octanol–water partition coefficient (Wildman–Crippen LogP) is 1.45.